The van der Waals surface area contributed by atoms with Gasteiger partial charge in [-0.1, -0.05) is 11.6 Å². The van der Waals surface area contributed by atoms with Crippen molar-refractivity contribution >= 4 is 55.6 Å². The van der Waals surface area contributed by atoms with Crippen molar-refractivity contribution in [2.45, 2.75) is 4.21 Å². The molecule has 1 amide bonds. The SMILES string of the molecule is CN(CC(=O)Nc1ccc2[nH]c(=O)[nH]c2c1)S(=O)(=O)c1ccc(Cl)s1. The lowest BCUT2D eigenvalue weighted by Gasteiger charge is -2.15. The van der Waals surface area contributed by atoms with E-state index in [2.05, 4.69) is 15.3 Å². The second-order valence-corrected chi connectivity index (χ2v) is 9.19. The summed E-state index contributed by atoms with van der Waals surface area (Å²) >= 11 is 6.69. The van der Waals surface area contributed by atoms with E-state index in [1.54, 1.807) is 18.2 Å². The number of likely N-dealkylation sites (N-methyl/N-ethyl adjacent to an activating group) is 1. The molecule has 3 rings (SSSR count). The van der Waals surface area contributed by atoms with Crippen molar-refractivity contribution in [1.82, 2.24) is 14.3 Å². The van der Waals surface area contributed by atoms with Crippen LogP contribution in [0.25, 0.3) is 11.0 Å². The number of imidazole rings is 1. The van der Waals surface area contributed by atoms with Crippen LogP contribution >= 0.6 is 22.9 Å². The summed E-state index contributed by atoms with van der Waals surface area (Å²) in [5, 5.41) is 2.60. The smallest absolute Gasteiger partial charge is 0.323 e. The van der Waals surface area contributed by atoms with Crippen LogP contribution in [-0.4, -0.2) is 42.2 Å². The van der Waals surface area contributed by atoms with Crippen LogP contribution in [-0.2, 0) is 14.8 Å². The number of sulfonamides is 1. The highest BCUT2D eigenvalue weighted by Crippen LogP contribution is 2.27. The number of carbonyl (C=O) groups is 1. The number of carbonyl (C=O) groups excluding carboxylic acids is 1. The quantitative estimate of drug-likeness (QED) is 0.605. The van der Waals surface area contributed by atoms with E-state index in [1.807, 2.05) is 0 Å². The Kier molecular flexibility index (Phi) is 4.69. The predicted octanol–water partition coefficient (Wildman–Crippen LogP) is 1.83. The van der Waals surface area contributed by atoms with Crippen LogP contribution in [0.5, 0.6) is 0 Å². The van der Waals surface area contributed by atoms with E-state index in [1.165, 1.54) is 19.2 Å². The van der Waals surface area contributed by atoms with Crippen LogP contribution in [0.2, 0.25) is 4.34 Å². The standard InChI is InChI=1S/C14H13ClN4O4S2/c1-19(25(22,23)13-5-4-11(15)24-13)7-12(20)16-8-2-3-9-10(6-8)18-14(21)17-9/h2-6H,7H2,1H3,(H,16,20)(H2,17,18,21). The maximum Gasteiger partial charge on any atom is 0.323 e. The van der Waals surface area contributed by atoms with Crippen LogP contribution in [0.4, 0.5) is 5.69 Å². The summed E-state index contributed by atoms with van der Waals surface area (Å²) in [6.07, 6.45) is 0. The summed E-state index contributed by atoms with van der Waals surface area (Å²) < 4.78 is 26.1. The van der Waals surface area contributed by atoms with Gasteiger partial charge in [0.15, 0.2) is 0 Å². The van der Waals surface area contributed by atoms with Gasteiger partial charge in [-0.3, -0.25) is 4.79 Å². The molecule has 0 saturated heterocycles. The summed E-state index contributed by atoms with van der Waals surface area (Å²) in [5.41, 5.74) is 1.24. The Hall–Kier alpha value is -2.14. The van der Waals surface area contributed by atoms with E-state index < -0.39 is 15.9 Å². The van der Waals surface area contributed by atoms with E-state index in [4.69, 9.17) is 11.6 Å². The molecule has 132 valence electrons. The molecule has 0 bridgehead atoms. The molecule has 11 heteroatoms. The van der Waals surface area contributed by atoms with Gasteiger partial charge in [-0.05, 0) is 30.3 Å². The lowest BCUT2D eigenvalue weighted by atomic mass is 10.3. The number of thiophene rings is 1. The Morgan fingerprint density at radius 3 is 2.64 bits per heavy atom. The minimum absolute atomic E-state index is 0.0686. The maximum atomic E-state index is 12.4. The molecule has 0 aliphatic rings. The molecule has 0 unspecified atom stereocenters. The number of amides is 1. The number of hydrogen-bond acceptors (Lipinski definition) is 5. The monoisotopic (exact) mass is 400 g/mol. The first kappa shape index (κ1) is 17.7. The number of nitrogens with one attached hydrogen (secondary N) is 3. The Morgan fingerprint density at radius 1 is 1.24 bits per heavy atom. The molecule has 2 heterocycles. The molecule has 0 saturated carbocycles. The molecule has 25 heavy (non-hydrogen) atoms. The van der Waals surface area contributed by atoms with Gasteiger partial charge in [0.05, 0.1) is 21.9 Å². The lowest BCUT2D eigenvalue weighted by molar-refractivity contribution is -0.116. The second kappa shape index (κ2) is 6.64. The van der Waals surface area contributed by atoms with Crippen molar-refractivity contribution in [3.63, 3.8) is 0 Å². The van der Waals surface area contributed by atoms with Gasteiger partial charge in [-0.25, -0.2) is 13.2 Å². The highest BCUT2D eigenvalue weighted by atomic mass is 35.5. The van der Waals surface area contributed by atoms with E-state index in [0.717, 1.165) is 15.6 Å². The molecular formula is C14H13ClN4O4S2. The predicted molar refractivity (Wildman–Crippen MR) is 96.7 cm³/mol. The third-order valence-electron chi connectivity index (χ3n) is 3.38. The highest BCUT2D eigenvalue weighted by Gasteiger charge is 2.24. The normalized spacial score (nSPS) is 12.0. The van der Waals surface area contributed by atoms with Gasteiger partial charge in [0, 0.05) is 12.7 Å². The summed E-state index contributed by atoms with van der Waals surface area (Å²) in [5.74, 6) is -0.508. The van der Waals surface area contributed by atoms with Gasteiger partial charge in [-0.2, -0.15) is 4.31 Å². The molecule has 3 aromatic rings. The Labute approximate surface area is 151 Å². The van der Waals surface area contributed by atoms with Crippen LogP contribution in [0.3, 0.4) is 0 Å². The molecule has 0 aliphatic carbocycles. The first-order valence-corrected chi connectivity index (χ1v) is 9.63. The van der Waals surface area contributed by atoms with Crippen molar-refractivity contribution in [3.8, 4) is 0 Å². The molecule has 8 nitrogen and oxygen atoms in total. The first-order valence-electron chi connectivity index (χ1n) is 6.99. The van der Waals surface area contributed by atoms with Crippen molar-refractivity contribution in [1.29, 1.82) is 0 Å². The van der Waals surface area contributed by atoms with Gasteiger partial charge < -0.3 is 15.3 Å². The van der Waals surface area contributed by atoms with Crippen LogP contribution < -0.4 is 11.0 Å². The number of H-pyrrole nitrogens is 2. The number of anilines is 1. The third kappa shape index (κ3) is 3.76. The average molecular weight is 401 g/mol. The zero-order valence-electron chi connectivity index (χ0n) is 12.9. The largest absolute Gasteiger partial charge is 0.325 e. The number of nitrogens with zero attached hydrogens (tertiary/aromatic N) is 1. The number of rotatable bonds is 5. The van der Waals surface area contributed by atoms with Crippen molar-refractivity contribution < 1.29 is 13.2 Å². The molecule has 0 radical (unpaired) electrons. The van der Waals surface area contributed by atoms with E-state index in [-0.39, 0.29) is 16.4 Å². The summed E-state index contributed by atoms with van der Waals surface area (Å²) in [6.45, 7) is -0.362. The molecule has 3 N–H and O–H groups in total. The summed E-state index contributed by atoms with van der Waals surface area (Å²) in [7, 11) is -2.47. The number of fused-ring (bicyclic) bond motifs is 1. The summed E-state index contributed by atoms with van der Waals surface area (Å²) in [4.78, 5) is 28.5. The van der Waals surface area contributed by atoms with Gasteiger partial charge in [0.1, 0.15) is 4.21 Å². The Bertz CT molecular complexity index is 1100. The molecule has 0 spiro atoms. The highest BCUT2D eigenvalue weighted by molar-refractivity contribution is 7.91. The summed E-state index contributed by atoms with van der Waals surface area (Å²) in [6, 6.07) is 7.71. The number of halogens is 1. The lowest BCUT2D eigenvalue weighted by Crippen LogP contribution is -2.34. The van der Waals surface area contributed by atoms with Crippen molar-refractivity contribution in [3.05, 3.63) is 45.2 Å². The van der Waals surface area contributed by atoms with E-state index in [0.29, 0.717) is 21.1 Å². The fraction of sp³-hybridized carbons (Fsp3) is 0.143. The van der Waals surface area contributed by atoms with Crippen LogP contribution in [0.15, 0.2) is 39.3 Å². The van der Waals surface area contributed by atoms with Gasteiger partial charge in [0.2, 0.25) is 5.91 Å². The van der Waals surface area contributed by atoms with Crippen molar-refractivity contribution in [2.75, 3.05) is 18.9 Å². The maximum absolute atomic E-state index is 12.4. The number of benzene rings is 1. The molecule has 0 atom stereocenters. The molecular weight excluding hydrogens is 388 g/mol. The Morgan fingerprint density at radius 2 is 1.96 bits per heavy atom. The molecule has 0 aliphatic heterocycles. The number of hydrogen-bond donors (Lipinski definition) is 3. The fourth-order valence-corrected chi connectivity index (χ4v) is 5.01. The van der Waals surface area contributed by atoms with E-state index >= 15 is 0 Å². The number of aromatic amines is 2. The zero-order chi connectivity index (χ0) is 18.2. The fourth-order valence-electron chi connectivity index (χ4n) is 2.19. The van der Waals surface area contributed by atoms with Gasteiger partial charge >= 0.3 is 5.69 Å². The van der Waals surface area contributed by atoms with Gasteiger partial charge in [-0.15, -0.1) is 11.3 Å². The minimum atomic E-state index is -3.78. The second-order valence-electron chi connectivity index (χ2n) is 5.21. The Balaban J connectivity index is 1.71. The number of aromatic nitrogens is 2. The van der Waals surface area contributed by atoms with Crippen LogP contribution in [0, 0.1) is 0 Å². The molecule has 2 aromatic heterocycles. The topological polar surface area (TPSA) is 115 Å². The van der Waals surface area contributed by atoms with Crippen LogP contribution in [0.1, 0.15) is 0 Å². The minimum Gasteiger partial charge on any atom is -0.325 e. The van der Waals surface area contributed by atoms with Gasteiger partial charge in [0.25, 0.3) is 10.0 Å². The van der Waals surface area contributed by atoms with E-state index in [9.17, 15) is 18.0 Å². The molecule has 1 aromatic carbocycles. The zero-order valence-corrected chi connectivity index (χ0v) is 15.3. The third-order valence-corrected chi connectivity index (χ3v) is 6.88. The average Bonchev–Trinajstić information content (AvgIpc) is 3.11. The first-order chi connectivity index (χ1) is 11.8. The molecule has 0 fully saturated rings. The van der Waals surface area contributed by atoms with Crippen molar-refractivity contribution in [2.24, 2.45) is 0 Å².